The van der Waals surface area contributed by atoms with Crippen molar-refractivity contribution in [1.82, 2.24) is 9.55 Å². The predicted molar refractivity (Wildman–Crippen MR) is 77.3 cm³/mol. The van der Waals surface area contributed by atoms with Crippen LogP contribution in [-0.2, 0) is 6.54 Å². The van der Waals surface area contributed by atoms with Gasteiger partial charge >= 0.3 is 0 Å². The Kier molecular flexibility index (Phi) is 3.87. The third-order valence-electron chi connectivity index (χ3n) is 3.49. The molecule has 0 aliphatic carbocycles. The number of benzene rings is 2. The zero-order chi connectivity index (χ0) is 16.6. The minimum atomic E-state index is -1.15. The number of nitrogens with zero attached hydrogens (tertiary/aromatic N) is 2. The lowest BCUT2D eigenvalue weighted by molar-refractivity contribution is 0.155. The van der Waals surface area contributed by atoms with Crippen LogP contribution in [0.25, 0.3) is 10.9 Å². The highest BCUT2D eigenvalue weighted by atomic mass is 19.2. The average molecular weight is 320 g/mol. The Labute approximate surface area is 128 Å². The van der Waals surface area contributed by atoms with Crippen LogP contribution in [0.2, 0.25) is 0 Å². The van der Waals surface area contributed by atoms with Crippen molar-refractivity contribution in [1.29, 1.82) is 0 Å². The fourth-order valence-corrected chi connectivity index (χ4v) is 2.26. The molecule has 1 atom stereocenters. The predicted octanol–water partition coefficient (Wildman–Crippen LogP) is 2.55. The smallest absolute Gasteiger partial charge is 0.261 e. The number of fused-ring (bicyclic) bond motifs is 1. The standard InChI is InChI=1S/C16H11F3N2O2/c17-10-3-1-9(2-4-10)15(22)7-21-8-20-14-6-13(19)12(18)5-11(14)16(21)23/h1-6,8,15,22H,7H2. The van der Waals surface area contributed by atoms with Gasteiger partial charge in [0.05, 0.1) is 29.9 Å². The van der Waals surface area contributed by atoms with Crippen molar-refractivity contribution in [3.05, 3.63) is 76.1 Å². The van der Waals surface area contributed by atoms with E-state index in [0.717, 1.165) is 23.0 Å². The fourth-order valence-electron chi connectivity index (χ4n) is 2.26. The number of aromatic nitrogens is 2. The molecule has 0 fully saturated rings. The van der Waals surface area contributed by atoms with Crippen molar-refractivity contribution in [2.75, 3.05) is 0 Å². The first-order valence-electron chi connectivity index (χ1n) is 6.73. The molecule has 1 heterocycles. The van der Waals surface area contributed by atoms with Crippen molar-refractivity contribution >= 4 is 10.9 Å². The molecule has 3 rings (SSSR count). The van der Waals surface area contributed by atoms with Gasteiger partial charge in [-0.3, -0.25) is 9.36 Å². The van der Waals surface area contributed by atoms with Gasteiger partial charge in [0.15, 0.2) is 11.6 Å². The first-order valence-corrected chi connectivity index (χ1v) is 6.73. The van der Waals surface area contributed by atoms with Crippen molar-refractivity contribution in [3.8, 4) is 0 Å². The average Bonchev–Trinajstić information content (AvgIpc) is 2.53. The normalized spacial score (nSPS) is 12.5. The molecule has 1 N–H and O–H groups in total. The number of hydrogen-bond acceptors (Lipinski definition) is 3. The summed E-state index contributed by atoms with van der Waals surface area (Å²) in [5.74, 6) is -2.68. The van der Waals surface area contributed by atoms with Crippen LogP contribution in [0.5, 0.6) is 0 Å². The quantitative estimate of drug-likeness (QED) is 0.807. The summed E-state index contributed by atoms with van der Waals surface area (Å²) >= 11 is 0. The molecule has 0 saturated heterocycles. The second-order valence-corrected chi connectivity index (χ2v) is 5.05. The molecule has 0 radical (unpaired) electrons. The Bertz CT molecular complexity index is 923. The summed E-state index contributed by atoms with van der Waals surface area (Å²) in [4.78, 5) is 16.2. The molecule has 2 aromatic carbocycles. The van der Waals surface area contributed by atoms with Crippen molar-refractivity contribution < 1.29 is 18.3 Å². The maximum absolute atomic E-state index is 13.3. The first kappa shape index (κ1) is 15.2. The van der Waals surface area contributed by atoms with E-state index >= 15 is 0 Å². The molecule has 0 bridgehead atoms. The molecule has 0 spiro atoms. The minimum absolute atomic E-state index is 0.0291. The van der Waals surface area contributed by atoms with Crippen molar-refractivity contribution in [3.63, 3.8) is 0 Å². The van der Waals surface area contributed by atoms with Crippen LogP contribution < -0.4 is 5.56 Å². The van der Waals surface area contributed by atoms with E-state index in [0.29, 0.717) is 5.56 Å². The van der Waals surface area contributed by atoms with Gasteiger partial charge in [0.2, 0.25) is 0 Å². The van der Waals surface area contributed by atoms with E-state index in [9.17, 15) is 23.1 Å². The second kappa shape index (κ2) is 5.85. The zero-order valence-electron chi connectivity index (χ0n) is 11.7. The van der Waals surface area contributed by atoms with E-state index in [4.69, 9.17) is 0 Å². The minimum Gasteiger partial charge on any atom is -0.387 e. The molecule has 0 aliphatic rings. The highest BCUT2D eigenvalue weighted by Gasteiger charge is 2.13. The molecule has 0 saturated carbocycles. The van der Waals surface area contributed by atoms with Crippen LogP contribution in [0.1, 0.15) is 11.7 Å². The molecule has 0 amide bonds. The summed E-state index contributed by atoms with van der Waals surface area (Å²) in [6.45, 7) is -0.146. The first-order chi connectivity index (χ1) is 11.0. The third-order valence-corrected chi connectivity index (χ3v) is 3.49. The number of aliphatic hydroxyl groups excluding tert-OH is 1. The lowest BCUT2D eigenvalue weighted by atomic mass is 10.1. The Morgan fingerprint density at radius 1 is 1.09 bits per heavy atom. The summed E-state index contributed by atoms with van der Waals surface area (Å²) in [5.41, 5.74) is -0.153. The molecular formula is C16H11F3N2O2. The maximum Gasteiger partial charge on any atom is 0.261 e. The van der Waals surface area contributed by atoms with Gasteiger partial charge in [-0.15, -0.1) is 0 Å². The number of rotatable bonds is 3. The largest absolute Gasteiger partial charge is 0.387 e. The van der Waals surface area contributed by atoms with E-state index < -0.39 is 29.1 Å². The Balaban J connectivity index is 1.97. The number of hydrogen-bond donors (Lipinski definition) is 1. The molecule has 4 nitrogen and oxygen atoms in total. The van der Waals surface area contributed by atoms with Gasteiger partial charge in [-0.25, -0.2) is 18.2 Å². The monoisotopic (exact) mass is 320 g/mol. The fraction of sp³-hybridized carbons (Fsp3) is 0.125. The summed E-state index contributed by atoms with van der Waals surface area (Å²) in [6, 6.07) is 6.80. The topological polar surface area (TPSA) is 55.1 Å². The van der Waals surface area contributed by atoms with E-state index in [1.165, 1.54) is 24.3 Å². The Morgan fingerprint density at radius 2 is 1.74 bits per heavy atom. The Hall–Kier alpha value is -2.67. The Morgan fingerprint density at radius 3 is 2.43 bits per heavy atom. The van der Waals surface area contributed by atoms with Crippen molar-refractivity contribution in [2.24, 2.45) is 0 Å². The SMILES string of the molecule is O=c1c2cc(F)c(F)cc2ncn1CC(O)c1ccc(F)cc1. The molecule has 3 aromatic rings. The summed E-state index contributed by atoms with van der Waals surface area (Å²) in [6.07, 6.45) is 0.0761. The maximum atomic E-state index is 13.3. The van der Waals surface area contributed by atoms with E-state index in [-0.39, 0.29) is 17.4 Å². The lowest BCUT2D eigenvalue weighted by Crippen LogP contribution is -2.24. The highest BCUT2D eigenvalue weighted by Crippen LogP contribution is 2.16. The molecule has 1 unspecified atom stereocenters. The molecule has 1 aromatic heterocycles. The van der Waals surface area contributed by atoms with Crippen LogP contribution in [0, 0.1) is 17.5 Å². The highest BCUT2D eigenvalue weighted by molar-refractivity contribution is 5.77. The van der Waals surface area contributed by atoms with E-state index in [1.54, 1.807) is 0 Å². The zero-order valence-corrected chi connectivity index (χ0v) is 11.7. The molecule has 118 valence electrons. The van der Waals surface area contributed by atoms with Gasteiger partial charge < -0.3 is 5.11 Å². The second-order valence-electron chi connectivity index (χ2n) is 5.05. The van der Waals surface area contributed by atoms with Crippen LogP contribution in [-0.4, -0.2) is 14.7 Å². The summed E-state index contributed by atoms with van der Waals surface area (Å²) in [5, 5.41) is 10.0. The molecule has 23 heavy (non-hydrogen) atoms. The van der Waals surface area contributed by atoms with Gasteiger partial charge in [-0.2, -0.15) is 0 Å². The van der Waals surface area contributed by atoms with Gasteiger partial charge in [0, 0.05) is 6.07 Å². The van der Waals surface area contributed by atoms with Crippen LogP contribution in [0.15, 0.2) is 47.5 Å². The van der Waals surface area contributed by atoms with Gasteiger partial charge in [0.1, 0.15) is 5.82 Å². The van der Waals surface area contributed by atoms with Crippen LogP contribution in [0.4, 0.5) is 13.2 Å². The van der Waals surface area contributed by atoms with Gasteiger partial charge in [-0.1, -0.05) is 12.1 Å². The molecule has 7 heteroatoms. The number of aliphatic hydroxyl groups is 1. The van der Waals surface area contributed by atoms with E-state index in [2.05, 4.69) is 4.98 Å². The van der Waals surface area contributed by atoms with Crippen LogP contribution in [0.3, 0.4) is 0 Å². The van der Waals surface area contributed by atoms with Crippen molar-refractivity contribution in [2.45, 2.75) is 12.6 Å². The van der Waals surface area contributed by atoms with Gasteiger partial charge in [-0.05, 0) is 23.8 Å². The third kappa shape index (κ3) is 2.95. The summed E-state index contributed by atoms with van der Waals surface area (Å²) < 4.78 is 40.4. The lowest BCUT2D eigenvalue weighted by Gasteiger charge is -2.13. The molecular weight excluding hydrogens is 309 g/mol. The summed E-state index contributed by atoms with van der Waals surface area (Å²) in [7, 11) is 0. The molecule has 0 aliphatic heterocycles. The van der Waals surface area contributed by atoms with E-state index in [1.807, 2.05) is 0 Å². The van der Waals surface area contributed by atoms with Gasteiger partial charge in [0.25, 0.3) is 5.56 Å². The number of halogens is 3. The van der Waals surface area contributed by atoms with Crippen LogP contribution >= 0.6 is 0 Å².